The molecule has 4 heteroatoms. The number of esters is 1. The number of carbonyl (C=O) groups is 1. The molecule has 1 rings (SSSR count). The molecule has 2 atom stereocenters. The molecule has 0 aromatic carbocycles. The number of unbranched alkanes of at least 4 members (excludes halogenated alkanes) is 1. The number of carbonyl (C=O) groups excluding carboxylic acids is 1. The predicted octanol–water partition coefficient (Wildman–Crippen LogP) is 3.16. The summed E-state index contributed by atoms with van der Waals surface area (Å²) in [5.74, 6) is 0.383. The van der Waals surface area contributed by atoms with Crippen LogP contribution in [0.1, 0.15) is 52.4 Å². The van der Waals surface area contributed by atoms with Gasteiger partial charge >= 0.3 is 5.97 Å². The molecule has 0 aliphatic heterocycles. The molecule has 1 fully saturated rings. The summed E-state index contributed by atoms with van der Waals surface area (Å²) in [5.41, 5.74) is 1.08. The Kier molecular flexibility index (Phi) is 6.76. The van der Waals surface area contributed by atoms with E-state index in [-0.39, 0.29) is 11.9 Å². The second-order valence-corrected chi connectivity index (χ2v) is 4.84. The third-order valence-corrected chi connectivity index (χ3v) is 3.55. The molecule has 0 N–H and O–H groups in total. The van der Waals surface area contributed by atoms with E-state index in [9.17, 15) is 4.79 Å². The minimum atomic E-state index is -0.0323. The lowest BCUT2D eigenvalue weighted by molar-refractivity contribution is -0.150. The van der Waals surface area contributed by atoms with Crippen molar-refractivity contribution in [1.29, 1.82) is 0 Å². The Morgan fingerprint density at radius 2 is 2.22 bits per heavy atom. The van der Waals surface area contributed by atoms with Crippen molar-refractivity contribution in [3.63, 3.8) is 0 Å². The SMILES string of the molecule is CCCC[C@@H]1CC(=NOC)CC[C@H]1C(=O)OCC. The summed E-state index contributed by atoms with van der Waals surface area (Å²) in [6.45, 7) is 4.50. The summed E-state index contributed by atoms with van der Waals surface area (Å²) in [7, 11) is 1.57. The maximum Gasteiger partial charge on any atom is 0.309 e. The van der Waals surface area contributed by atoms with Crippen LogP contribution in [0, 0.1) is 11.8 Å². The van der Waals surface area contributed by atoms with E-state index in [1.165, 1.54) is 0 Å². The second kappa shape index (κ2) is 8.11. The molecule has 0 unspecified atom stereocenters. The third-order valence-electron chi connectivity index (χ3n) is 3.55. The molecule has 0 spiro atoms. The molecule has 0 heterocycles. The van der Waals surface area contributed by atoms with Crippen LogP contribution in [0.3, 0.4) is 0 Å². The van der Waals surface area contributed by atoms with E-state index in [2.05, 4.69) is 12.1 Å². The number of ether oxygens (including phenoxy) is 1. The van der Waals surface area contributed by atoms with E-state index in [0.717, 1.165) is 44.2 Å². The van der Waals surface area contributed by atoms with Gasteiger partial charge in [0.05, 0.1) is 18.2 Å². The zero-order chi connectivity index (χ0) is 13.4. The predicted molar refractivity (Wildman–Crippen MR) is 71.4 cm³/mol. The topological polar surface area (TPSA) is 47.9 Å². The van der Waals surface area contributed by atoms with E-state index in [4.69, 9.17) is 9.57 Å². The van der Waals surface area contributed by atoms with E-state index < -0.39 is 0 Å². The Bertz CT molecular complexity index is 289. The molecule has 18 heavy (non-hydrogen) atoms. The van der Waals surface area contributed by atoms with Crippen LogP contribution >= 0.6 is 0 Å². The van der Waals surface area contributed by atoms with Crippen molar-refractivity contribution in [3.8, 4) is 0 Å². The molecule has 0 bridgehead atoms. The van der Waals surface area contributed by atoms with Gasteiger partial charge in [-0.3, -0.25) is 4.79 Å². The fraction of sp³-hybridized carbons (Fsp3) is 0.857. The minimum absolute atomic E-state index is 0.0323. The highest BCUT2D eigenvalue weighted by Gasteiger charge is 2.34. The Hall–Kier alpha value is -1.06. The molecule has 4 nitrogen and oxygen atoms in total. The van der Waals surface area contributed by atoms with Gasteiger partial charge < -0.3 is 9.57 Å². The lowest BCUT2D eigenvalue weighted by Crippen LogP contribution is -2.32. The van der Waals surface area contributed by atoms with Gasteiger partial charge in [0.25, 0.3) is 0 Å². The zero-order valence-electron chi connectivity index (χ0n) is 11.8. The van der Waals surface area contributed by atoms with Crippen molar-refractivity contribution in [3.05, 3.63) is 0 Å². The Morgan fingerprint density at radius 1 is 1.44 bits per heavy atom. The maximum atomic E-state index is 11.9. The molecule has 0 aromatic heterocycles. The molecule has 1 saturated carbocycles. The van der Waals surface area contributed by atoms with E-state index in [1.54, 1.807) is 7.11 Å². The lowest BCUT2D eigenvalue weighted by Gasteiger charge is -2.30. The zero-order valence-corrected chi connectivity index (χ0v) is 11.8. The third kappa shape index (κ3) is 4.31. The number of oxime groups is 1. The average molecular weight is 255 g/mol. The first-order valence-electron chi connectivity index (χ1n) is 6.98. The van der Waals surface area contributed by atoms with Crippen LogP contribution in [0.2, 0.25) is 0 Å². The Labute approximate surface area is 110 Å². The van der Waals surface area contributed by atoms with Crippen molar-refractivity contribution in [2.75, 3.05) is 13.7 Å². The lowest BCUT2D eigenvalue weighted by atomic mass is 9.76. The molecular formula is C14H25NO3. The van der Waals surface area contributed by atoms with Crippen molar-refractivity contribution in [2.24, 2.45) is 17.0 Å². The van der Waals surface area contributed by atoms with Gasteiger partial charge in [-0.25, -0.2) is 0 Å². The highest BCUT2D eigenvalue weighted by molar-refractivity contribution is 5.87. The molecular weight excluding hydrogens is 230 g/mol. The van der Waals surface area contributed by atoms with Gasteiger partial charge in [0.15, 0.2) is 0 Å². The monoisotopic (exact) mass is 255 g/mol. The van der Waals surface area contributed by atoms with Gasteiger partial charge in [0.1, 0.15) is 7.11 Å². The highest BCUT2D eigenvalue weighted by atomic mass is 16.6. The van der Waals surface area contributed by atoms with Gasteiger partial charge in [-0.05, 0) is 38.5 Å². The fourth-order valence-corrected chi connectivity index (χ4v) is 2.65. The molecule has 0 radical (unpaired) electrons. The average Bonchev–Trinajstić information content (AvgIpc) is 2.37. The standard InChI is InChI=1S/C14H25NO3/c1-4-6-7-11-10-12(15-17-3)8-9-13(11)14(16)18-5-2/h11,13H,4-10H2,1-3H3/t11-,13-/m1/s1. The van der Waals surface area contributed by atoms with Crippen LogP contribution in [0.15, 0.2) is 5.16 Å². The van der Waals surface area contributed by atoms with Gasteiger partial charge in [-0.1, -0.05) is 24.9 Å². The number of nitrogens with zero attached hydrogens (tertiary/aromatic N) is 1. The van der Waals surface area contributed by atoms with E-state index >= 15 is 0 Å². The number of hydrogen-bond donors (Lipinski definition) is 0. The second-order valence-electron chi connectivity index (χ2n) is 4.84. The summed E-state index contributed by atoms with van der Waals surface area (Å²) < 4.78 is 5.18. The van der Waals surface area contributed by atoms with Crippen LogP contribution in [-0.4, -0.2) is 25.4 Å². The first-order chi connectivity index (χ1) is 8.72. The fourth-order valence-electron chi connectivity index (χ4n) is 2.65. The molecule has 0 saturated heterocycles. The molecule has 1 aliphatic rings. The molecule has 0 amide bonds. The summed E-state index contributed by atoms with van der Waals surface area (Å²) in [6.07, 6.45) is 5.94. The Balaban J connectivity index is 2.64. The van der Waals surface area contributed by atoms with Crippen LogP contribution in [0.5, 0.6) is 0 Å². The largest absolute Gasteiger partial charge is 0.466 e. The first kappa shape index (κ1) is 15.0. The first-order valence-corrected chi connectivity index (χ1v) is 6.98. The number of rotatable bonds is 6. The summed E-state index contributed by atoms with van der Waals surface area (Å²) in [5, 5.41) is 4.05. The van der Waals surface area contributed by atoms with Crippen molar-refractivity contribution in [1.82, 2.24) is 0 Å². The number of hydrogen-bond acceptors (Lipinski definition) is 4. The van der Waals surface area contributed by atoms with Gasteiger partial charge in [0.2, 0.25) is 0 Å². The van der Waals surface area contributed by atoms with Gasteiger partial charge in [-0.15, -0.1) is 0 Å². The molecule has 0 aromatic rings. The van der Waals surface area contributed by atoms with Crippen molar-refractivity contribution < 1.29 is 14.4 Å². The quantitative estimate of drug-likeness (QED) is 0.541. The van der Waals surface area contributed by atoms with E-state index in [0.29, 0.717) is 12.5 Å². The van der Waals surface area contributed by atoms with Crippen LogP contribution in [-0.2, 0) is 14.4 Å². The summed E-state index contributed by atoms with van der Waals surface area (Å²) in [6, 6.07) is 0. The van der Waals surface area contributed by atoms with Gasteiger partial charge in [-0.2, -0.15) is 0 Å². The summed E-state index contributed by atoms with van der Waals surface area (Å²) >= 11 is 0. The van der Waals surface area contributed by atoms with Crippen molar-refractivity contribution in [2.45, 2.75) is 52.4 Å². The van der Waals surface area contributed by atoms with E-state index in [1.807, 2.05) is 6.92 Å². The van der Waals surface area contributed by atoms with Gasteiger partial charge in [0, 0.05) is 0 Å². The highest BCUT2D eigenvalue weighted by Crippen LogP contribution is 2.33. The maximum absolute atomic E-state index is 11.9. The summed E-state index contributed by atoms with van der Waals surface area (Å²) in [4.78, 5) is 16.8. The molecule has 1 aliphatic carbocycles. The minimum Gasteiger partial charge on any atom is -0.466 e. The van der Waals surface area contributed by atoms with Crippen molar-refractivity contribution >= 4 is 11.7 Å². The van der Waals surface area contributed by atoms with Crippen LogP contribution in [0.25, 0.3) is 0 Å². The normalized spacial score (nSPS) is 26.1. The van der Waals surface area contributed by atoms with Crippen LogP contribution < -0.4 is 0 Å². The molecule has 104 valence electrons. The Morgan fingerprint density at radius 3 is 2.83 bits per heavy atom. The van der Waals surface area contributed by atoms with Crippen LogP contribution in [0.4, 0.5) is 0 Å². The smallest absolute Gasteiger partial charge is 0.309 e.